The number of imidazole rings is 1. The number of fused-ring (bicyclic) bond motifs is 1. The van der Waals surface area contributed by atoms with Gasteiger partial charge in [0, 0.05) is 11.3 Å². The second-order valence-corrected chi connectivity index (χ2v) is 6.78. The van der Waals surface area contributed by atoms with Crippen LogP contribution >= 0.6 is 11.8 Å². The summed E-state index contributed by atoms with van der Waals surface area (Å²) in [6, 6.07) is 6.58. The van der Waals surface area contributed by atoms with E-state index in [-0.39, 0.29) is 0 Å². The van der Waals surface area contributed by atoms with Gasteiger partial charge in [0.1, 0.15) is 11.3 Å². The van der Waals surface area contributed by atoms with Crippen molar-refractivity contribution in [1.29, 1.82) is 0 Å². The number of hydrogen-bond acceptors (Lipinski definition) is 4. The molecule has 1 aliphatic rings. The average Bonchev–Trinajstić information content (AvgIpc) is 3.08. The minimum atomic E-state index is 0.467. The van der Waals surface area contributed by atoms with Gasteiger partial charge >= 0.3 is 0 Å². The van der Waals surface area contributed by atoms with E-state index in [0.29, 0.717) is 18.6 Å². The standard InChI is InChI=1S/C16H23N3OS/c1-3-9-20-14-6-4-5-13-15(14)18-16(17)19(13)11-7-8-12(10-11)21-2/h4-6,11-12H,3,7-10H2,1-2H3,(H2,17,18). The van der Waals surface area contributed by atoms with Gasteiger partial charge in [0.15, 0.2) is 0 Å². The minimum absolute atomic E-state index is 0.467. The molecular formula is C16H23N3OS. The summed E-state index contributed by atoms with van der Waals surface area (Å²) >= 11 is 1.96. The lowest BCUT2D eigenvalue weighted by Crippen LogP contribution is -2.09. The van der Waals surface area contributed by atoms with Gasteiger partial charge in [0.25, 0.3) is 0 Å². The van der Waals surface area contributed by atoms with Crippen molar-refractivity contribution in [2.24, 2.45) is 0 Å². The van der Waals surface area contributed by atoms with Crippen LogP contribution in [0.15, 0.2) is 18.2 Å². The van der Waals surface area contributed by atoms with Gasteiger partial charge in [-0.2, -0.15) is 11.8 Å². The zero-order chi connectivity index (χ0) is 14.8. The first-order valence-corrected chi connectivity index (χ1v) is 8.95. The van der Waals surface area contributed by atoms with E-state index in [9.17, 15) is 0 Å². The van der Waals surface area contributed by atoms with Crippen molar-refractivity contribution >= 4 is 28.7 Å². The monoisotopic (exact) mass is 305 g/mol. The lowest BCUT2D eigenvalue weighted by Gasteiger charge is -2.15. The first-order chi connectivity index (χ1) is 10.2. The Morgan fingerprint density at radius 1 is 1.43 bits per heavy atom. The quantitative estimate of drug-likeness (QED) is 0.911. The summed E-state index contributed by atoms with van der Waals surface area (Å²) < 4.78 is 8.02. The number of hydrogen-bond donors (Lipinski definition) is 1. The highest BCUT2D eigenvalue weighted by atomic mass is 32.2. The second-order valence-electron chi connectivity index (χ2n) is 5.64. The van der Waals surface area contributed by atoms with Gasteiger partial charge in [0.2, 0.25) is 5.95 Å². The lowest BCUT2D eigenvalue weighted by molar-refractivity contribution is 0.320. The van der Waals surface area contributed by atoms with Crippen molar-refractivity contribution in [2.75, 3.05) is 18.6 Å². The van der Waals surface area contributed by atoms with Crippen LogP contribution in [0.5, 0.6) is 5.75 Å². The Balaban J connectivity index is 1.98. The minimum Gasteiger partial charge on any atom is -0.491 e. The first kappa shape index (κ1) is 14.6. The maximum Gasteiger partial charge on any atom is 0.201 e. The topological polar surface area (TPSA) is 53.1 Å². The molecule has 2 aromatic rings. The third kappa shape index (κ3) is 2.71. The SMILES string of the molecule is CCCOc1cccc2c1nc(N)n2C1CCC(SC)C1. The van der Waals surface area contributed by atoms with Crippen LogP contribution in [0, 0.1) is 0 Å². The van der Waals surface area contributed by atoms with E-state index >= 15 is 0 Å². The molecule has 4 nitrogen and oxygen atoms in total. The summed E-state index contributed by atoms with van der Waals surface area (Å²) in [6.07, 6.45) is 6.80. The van der Waals surface area contributed by atoms with Gasteiger partial charge in [-0.15, -0.1) is 0 Å². The molecule has 0 aliphatic heterocycles. The molecule has 0 radical (unpaired) electrons. The fraction of sp³-hybridized carbons (Fsp3) is 0.562. The van der Waals surface area contributed by atoms with Crippen molar-refractivity contribution < 1.29 is 4.74 Å². The predicted molar refractivity (Wildman–Crippen MR) is 90.1 cm³/mol. The Morgan fingerprint density at radius 3 is 3.00 bits per heavy atom. The third-order valence-electron chi connectivity index (χ3n) is 4.23. The number of nitrogen functional groups attached to an aromatic ring is 1. The van der Waals surface area contributed by atoms with Crippen LogP contribution in [0.25, 0.3) is 11.0 Å². The number of thioether (sulfide) groups is 1. The van der Waals surface area contributed by atoms with E-state index in [1.807, 2.05) is 23.9 Å². The number of benzene rings is 1. The largest absolute Gasteiger partial charge is 0.491 e. The molecule has 5 heteroatoms. The first-order valence-electron chi connectivity index (χ1n) is 7.66. The molecule has 2 unspecified atom stereocenters. The van der Waals surface area contributed by atoms with Gasteiger partial charge < -0.3 is 15.0 Å². The van der Waals surface area contributed by atoms with E-state index in [1.54, 1.807) is 0 Å². The van der Waals surface area contributed by atoms with Crippen LogP contribution in [0.3, 0.4) is 0 Å². The van der Waals surface area contributed by atoms with Gasteiger partial charge in [-0.3, -0.25) is 0 Å². The smallest absolute Gasteiger partial charge is 0.201 e. The highest BCUT2D eigenvalue weighted by molar-refractivity contribution is 7.99. The fourth-order valence-corrected chi connectivity index (χ4v) is 3.97. The molecule has 0 bridgehead atoms. The summed E-state index contributed by atoms with van der Waals surface area (Å²) in [4.78, 5) is 4.57. The third-order valence-corrected chi connectivity index (χ3v) is 5.32. The number of rotatable bonds is 5. The second kappa shape index (κ2) is 6.18. The van der Waals surface area contributed by atoms with Crippen LogP contribution < -0.4 is 10.5 Å². The Hall–Kier alpha value is -1.36. The van der Waals surface area contributed by atoms with E-state index in [1.165, 1.54) is 19.3 Å². The number of para-hydroxylation sites is 1. The van der Waals surface area contributed by atoms with E-state index in [0.717, 1.165) is 28.5 Å². The molecule has 2 atom stereocenters. The van der Waals surface area contributed by atoms with Crippen LogP contribution in [-0.2, 0) is 0 Å². The molecule has 1 fully saturated rings. The molecule has 1 aromatic heterocycles. The van der Waals surface area contributed by atoms with Crippen LogP contribution in [0.4, 0.5) is 5.95 Å². The summed E-state index contributed by atoms with van der Waals surface area (Å²) in [5.41, 5.74) is 8.21. The van der Waals surface area contributed by atoms with Gasteiger partial charge in [0.05, 0.1) is 12.1 Å². The number of aromatic nitrogens is 2. The fourth-order valence-electron chi connectivity index (χ4n) is 3.19. The number of nitrogens with two attached hydrogens (primary N) is 1. The average molecular weight is 305 g/mol. The normalized spacial score (nSPS) is 22.0. The Morgan fingerprint density at radius 2 is 2.29 bits per heavy atom. The Bertz CT molecular complexity index is 625. The number of anilines is 1. The van der Waals surface area contributed by atoms with E-state index in [4.69, 9.17) is 10.5 Å². The zero-order valence-corrected chi connectivity index (χ0v) is 13.5. The van der Waals surface area contributed by atoms with Crippen LogP contribution in [-0.4, -0.2) is 27.7 Å². The molecule has 0 spiro atoms. The molecule has 114 valence electrons. The van der Waals surface area contributed by atoms with Crippen molar-refractivity contribution in [3.63, 3.8) is 0 Å². The summed E-state index contributed by atoms with van der Waals surface area (Å²) in [5, 5.41) is 0.742. The van der Waals surface area contributed by atoms with Gasteiger partial charge in [-0.05, 0) is 44.1 Å². The molecular weight excluding hydrogens is 282 g/mol. The molecule has 3 rings (SSSR count). The van der Waals surface area contributed by atoms with Crippen LogP contribution in [0.2, 0.25) is 0 Å². The molecule has 1 heterocycles. The van der Waals surface area contributed by atoms with Crippen molar-refractivity contribution in [3.8, 4) is 5.75 Å². The molecule has 1 aromatic carbocycles. The Kier molecular flexibility index (Phi) is 4.29. The molecule has 0 amide bonds. The van der Waals surface area contributed by atoms with E-state index in [2.05, 4.69) is 28.8 Å². The molecule has 1 aliphatic carbocycles. The zero-order valence-electron chi connectivity index (χ0n) is 12.7. The highest BCUT2D eigenvalue weighted by Crippen LogP contribution is 2.40. The summed E-state index contributed by atoms with van der Waals surface area (Å²) in [5.74, 6) is 1.46. The van der Waals surface area contributed by atoms with Gasteiger partial charge in [-0.1, -0.05) is 13.0 Å². The number of ether oxygens (including phenoxy) is 1. The summed E-state index contributed by atoms with van der Waals surface area (Å²) in [6.45, 7) is 2.82. The maximum atomic E-state index is 6.21. The number of nitrogens with zero attached hydrogens (tertiary/aromatic N) is 2. The predicted octanol–water partition coefficient (Wildman–Crippen LogP) is 3.86. The van der Waals surface area contributed by atoms with Crippen molar-refractivity contribution in [1.82, 2.24) is 9.55 Å². The van der Waals surface area contributed by atoms with Crippen molar-refractivity contribution in [2.45, 2.75) is 43.9 Å². The molecule has 0 saturated heterocycles. The van der Waals surface area contributed by atoms with Crippen LogP contribution in [0.1, 0.15) is 38.6 Å². The highest BCUT2D eigenvalue weighted by Gasteiger charge is 2.28. The lowest BCUT2D eigenvalue weighted by atomic mass is 10.2. The molecule has 1 saturated carbocycles. The van der Waals surface area contributed by atoms with Gasteiger partial charge in [-0.25, -0.2) is 4.98 Å². The van der Waals surface area contributed by atoms with Crippen molar-refractivity contribution in [3.05, 3.63) is 18.2 Å². The summed E-state index contributed by atoms with van der Waals surface area (Å²) in [7, 11) is 0. The molecule has 21 heavy (non-hydrogen) atoms. The Labute approximate surface area is 130 Å². The van der Waals surface area contributed by atoms with E-state index < -0.39 is 0 Å². The maximum absolute atomic E-state index is 6.21. The molecule has 2 N–H and O–H groups in total.